The summed E-state index contributed by atoms with van der Waals surface area (Å²) in [6.07, 6.45) is 4.45. The molecule has 1 aliphatic rings. The number of hydrogen-bond donors (Lipinski definition) is 1. The number of carbonyl (C=O) groups is 2. The predicted molar refractivity (Wildman–Crippen MR) is 121 cm³/mol. The molecule has 1 N–H and O–H groups in total. The number of sulfonamides is 1. The van der Waals surface area contributed by atoms with E-state index in [1.165, 1.54) is 10.4 Å². The van der Waals surface area contributed by atoms with Crippen LogP contribution in [0.2, 0.25) is 0 Å². The number of carbonyl (C=O) groups excluding carboxylic acids is 2. The molecule has 1 saturated heterocycles. The minimum Gasteiger partial charge on any atom is -0.411 e. The largest absolute Gasteiger partial charge is 0.411 e. The molecule has 12 heteroatoms. The molecule has 0 saturated carbocycles. The van der Waals surface area contributed by atoms with Crippen LogP contribution in [0.5, 0.6) is 0 Å². The maximum atomic E-state index is 12.9. The van der Waals surface area contributed by atoms with Crippen LogP contribution >= 0.6 is 11.8 Å². The van der Waals surface area contributed by atoms with Gasteiger partial charge in [0.1, 0.15) is 5.69 Å². The van der Waals surface area contributed by atoms with Gasteiger partial charge < -0.3 is 8.98 Å². The van der Waals surface area contributed by atoms with Crippen molar-refractivity contribution in [2.45, 2.75) is 29.4 Å². The molecular formula is C21H23N5O5S2. The smallest absolute Gasteiger partial charge is 0.277 e. The van der Waals surface area contributed by atoms with E-state index in [-0.39, 0.29) is 21.8 Å². The molecule has 174 valence electrons. The summed E-state index contributed by atoms with van der Waals surface area (Å²) >= 11 is 0.982. The Morgan fingerprint density at radius 3 is 2.64 bits per heavy atom. The number of amides is 2. The van der Waals surface area contributed by atoms with Gasteiger partial charge in [0.25, 0.3) is 11.1 Å². The second-order valence-corrected chi connectivity index (χ2v) is 10.4. The number of aryl methyl sites for hydroxylation is 1. The van der Waals surface area contributed by atoms with Crippen molar-refractivity contribution in [3.8, 4) is 11.5 Å². The molecule has 3 heterocycles. The summed E-state index contributed by atoms with van der Waals surface area (Å²) in [5.74, 6) is -0.943. The number of rotatable bonds is 7. The van der Waals surface area contributed by atoms with Crippen molar-refractivity contribution in [1.29, 1.82) is 0 Å². The van der Waals surface area contributed by atoms with Crippen molar-refractivity contribution in [2.75, 3.05) is 18.8 Å². The van der Waals surface area contributed by atoms with Crippen molar-refractivity contribution < 1.29 is 22.4 Å². The van der Waals surface area contributed by atoms with Crippen LogP contribution in [0.4, 0.5) is 0 Å². The quantitative estimate of drug-likeness (QED) is 0.501. The van der Waals surface area contributed by atoms with Gasteiger partial charge in [-0.1, -0.05) is 24.2 Å². The van der Waals surface area contributed by atoms with E-state index < -0.39 is 21.8 Å². The molecule has 0 bridgehead atoms. The van der Waals surface area contributed by atoms with Crippen LogP contribution in [0, 0.1) is 0 Å². The highest BCUT2D eigenvalue weighted by Gasteiger charge is 2.26. The number of nitrogens with zero attached hydrogens (tertiary/aromatic N) is 4. The number of hydrogen-bond acceptors (Lipinski definition) is 8. The molecule has 33 heavy (non-hydrogen) atoms. The fourth-order valence-corrected chi connectivity index (χ4v) is 5.61. The Bertz CT molecular complexity index is 1260. The van der Waals surface area contributed by atoms with E-state index >= 15 is 0 Å². The van der Waals surface area contributed by atoms with Crippen LogP contribution in [0.1, 0.15) is 29.8 Å². The molecule has 4 rings (SSSR count). The van der Waals surface area contributed by atoms with Crippen LogP contribution in [-0.4, -0.2) is 58.1 Å². The molecule has 0 spiro atoms. The summed E-state index contributed by atoms with van der Waals surface area (Å²) in [6, 6.07) is 9.69. The van der Waals surface area contributed by atoms with E-state index in [9.17, 15) is 18.0 Å². The summed E-state index contributed by atoms with van der Waals surface area (Å²) in [4.78, 5) is 24.4. The molecule has 0 aliphatic carbocycles. The van der Waals surface area contributed by atoms with Gasteiger partial charge in [-0.05, 0) is 43.2 Å². The van der Waals surface area contributed by atoms with E-state index in [0.29, 0.717) is 24.3 Å². The van der Waals surface area contributed by atoms with E-state index in [1.807, 2.05) is 0 Å². The molecule has 1 fully saturated rings. The normalized spacial score (nSPS) is 14.8. The molecule has 1 aliphatic heterocycles. The van der Waals surface area contributed by atoms with Gasteiger partial charge in [0.05, 0.1) is 10.6 Å². The molecule has 2 aromatic heterocycles. The number of thioether (sulfide) groups is 1. The van der Waals surface area contributed by atoms with Gasteiger partial charge in [-0.15, -0.1) is 10.2 Å². The average molecular weight is 490 g/mol. The van der Waals surface area contributed by atoms with E-state index in [0.717, 1.165) is 31.0 Å². The van der Waals surface area contributed by atoms with Crippen LogP contribution in [0.3, 0.4) is 0 Å². The maximum Gasteiger partial charge on any atom is 0.277 e. The van der Waals surface area contributed by atoms with Crippen LogP contribution in [-0.2, 0) is 21.9 Å². The predicted octanol–water partition coefficient (Wildman–Crippen LogP) is 2.30. The van der Waals surface area contributed by atoms with E-state index in [1.54, 1.807) is 48.1 Å². The van der Waals surface area contributed by atoms with Crippen molar-refractivity contribution in [1.82, 2.24) is 24.4 Å². The van der Waals surface area contributed by atoms with Gasteiger partial charge in [0.15, 0.2) is 0 Å². The number of aromatic nitrogens is 3. The summed E-state index contributed by atoms with van der Waals surface area (Å²) < 4.78 is 34.6. The fraction of sp³-hybridized carbons (Fsp3) is 0.333. The van der Waals surface area contributed by atoms with Gasteiger partial charge in [-0.2, -0.15) is 4.31 Å². The van der Waals surface area contributed by atoms with Gasteiger partial charge in [0.2, 0.25) is 21.8 Å². The minimum absolute atomic E-state index is 0.0961. The topological polar surface area (TPSA) is 127 Å². The third-order valence-electron chi connectivity index (χ3n) is 5.20. The Morgan fingerprint density at radius 2 is 1.91 bits per heavy atom. The molecule has 3 aromatic rings. The zero-order valence-corrected chi connectivity index (χ0v) is 19.6. The number of nitrogens with one attached hydrogen (secondary N) is 1. The monoisotopic (exact) mass is 489 g/mol. The zero-order valence-electron chi connectivity index (χ0n) is 17.9. The van der Waals surface area contributed by atoms with Crippen molar-refractivity contribution >= 4 is 33.6 Å². The second kappa shape index (κ2) is 9.89. The third-order valence-corrected chi connectivity index (χ3v) is 7.91. The lowest BCUT2D eigenvalue weighted by Crippen LogP contribution is -2.35. The van der Waals surface area contributed by atoms with Crippen LogP contribution < -0.4 is 5.32 Å². The summed E-state index contributed by atoms with van der Waals surface area (Å²) in [7, 11) is -1.88. The molecular weight excluding hydrogens is 466 g/mol. The Balaban J connectivity index is 1.39. The molecule has 0 unspecified atom stereocenters. The average Bonchev–Trinajstić information content (AvgIpc) is 3.47. The first-order valence-electron chi connectivity index (χ1n) is 10.4. The molecule has 1 aromatic carbocycles. The van der Waals surface area contributed by atoms with Crippen molar-refractivity contribution in [3.63, 3.8) is 0 Å². The fourth-order valence-electron chi connectivity index (χ4n) is 3.48. The Kier molecular flexibility index (Phi) is 6.96. The van der Waals surface area contributed by atoms with Crippen LogP contribution in [0.15, 0.2) is 57.1 Å². The van der Waals surface area contributed by atoms with Crippen molar-refractivity contribution in [2.24, 2.45) is 7.05 Å². The number of imide groups is 1. The lowest BCUT2D eigenvalue weighted by atomic mass is 10.2. The standard InChI is InChI=1S/C21H23N5O5S2/c1-25-10-6-9-17(25)19(28)22-18(27)14-32-21-24-23-20(31-21)15-7-5-8-16(13-15)33(29,30)26-11-3-2-4-12-26/h5-10,13H,2-4,11-12,14H2,1H3,(H,22,27,28). The zero-order chi connectivity index (χ0) is 23.4. The van der Waals surface area contributed by atoms with Gasteiger partial charge in [-0.3, -0.25) is 14.9 Å². The Morgan fingerprint density at radius 1 is 1.12 bits per heavy atom. The SMILES string of the molecule is Cn1cccc1C(=O)NC(=O)CSc1nnc(-c2cccc(S(=O)(=O)N3CCCCC3)c2)o1. The number of benzene rings is 1. The highest BCUT2D eigenvalue weighted by Crippen LogP contribution is 2.27. The lowest BCUT2D eigenvalue weighted by Gasteiger charge is -2.25. The first-order chi connectivity index (χ1) is 15.8. The Labute approximate surface area is 195 Å². The first-order valence-corrected chi connectivity index (χ1v) is 12.8. The lowest BCUT2D eigenvalue weighted by molar-refractivity contribution is -0.117. The molecule has 10 nitrogen and oxygen atoms in total. The van der Waals surface area contributed by atoms with Gasteiger partial charge in [-0.25, -0.2) is 8.42 Å². The summed E-state index contributed by atoms with van der Waals surface area (Å²) in [5.41, 5.74) is 0.837. The third kappa shape index (κ3) is 5.34. The maximum absolute atomic E-state index is 12.9. The van der Waals surface area contributed by atoms with Crippen molar-refractivity contribution in [3.05, 3.63) is 48.3 Å². The van der Waals surface area contributed by atoms with Crippen LogP contribution in [0.25, 0.3) is 11.5 Å². The minimum atomic E-state index is -3.59. The highest BCUT2D eigenvalue weighted by molar-refractivity contribution is 7.99. The summed E-state index contributed by atoms with van der Waals surface area (Å²) in [5, 5.41) is 10.3. The first kappa shape index (κ1) is 23.2. The van der Waals surface area contributed by atoms with E-state index in [4.69, 9.17) is 4.42 Å². The van der Waals surface area contributed by atoms with E-state index in [2.05, 4.69) is 15.5 Å². The molecule has 0 atom stereocenters. The van der Waals surface area contributed by atoms with Gasteiger partial charge in [0, 0.05) is 31.9 Å². The second-order valence-electron chi connectivity index (χ2n) is 7.54. The Hall–Kier alpha value is -2.96. The molecule has 0 radical (unpaired) electrons. The highest BCUT2D eigenvalue weighted by atomic mass is 32.2. The number of piperidine rings is 1. The summed E-state index contributed by atoms with van der Waals surface area (Å²) in [6.45, 7) is 1.03. The van der Waals surface area contributed by atoms with Gasteiger partial charge >= 0.3 is 0 Å². The molecule has 2 amide bonds.